The standard InChI is InChI=1S/C15H24F3N5O2/c1-2-19-13(20-6-7-23-12(24)9-21-14(23)25)22-11-5-3-4-10(8-11)15(16,17)18/h10-11H,2-9H2,1H3,(H,21,25)(H2,19,20,22). The highest BCUT2D eigenvalue weighted by Gasteiger charge is 2.42. The van der Waals surface area contributed by atoms with Crippen LogP contribution in [-0.2, 0) is 4.79 Å². The molecule has 1 saturated heterocycles. The van der Waals surface area contributed by atoms with E-state index in [9.17, 15) is 22.8 Å². The van der Waals surface area contributed by atoms with E-state index in [1.165, 1.54) is 0 Å². The Morgan fingerprint density at radius 3 is 2.72 bits per heavy atom. The minimum Gasteiger partial charge on any atom is -0.357 e. The molecule has 7 nitrogen and oxygen atoms in total. The number of guanidine groups is 1. The molecule has 1 aliphatic carbocycles. The van der Waals surface area contributed by atoms with Crippen LogP contribution in [0.2, 0.25) is 0 Å². The summed E-state index contributed by atoms with van der Waals surface area (Å²) in [4.78, 5) is 28.3. The first-order chi connectivity index (χ1) is 11.8. The predicted molar refractivity (Wildman–Crippen MR) is 86.0 cm³/mol. The Hall–Kier alpha value is -2.00. The lowest BCUT2D eigenvalue weighted by Crippen LogP contribution is -2.47. The van der Waals surface area contributed by atoms with Crippen molar-refractivity contribution in [2.45, 2.75) is 44.8 Å². The Kier molecular flexibility index (Phi) is 6.49. The zero-order valence-electron chi connectivity index (χ0n) is 14.2. The van der Waals surface area contributed by atoms with Gasteiger partial charge < -0.3 is 16.0 Å². The Morgan fingerprint density at radius 2 is 2.12 bits per heavy atom. The van der Waals surface area contributed by atoms with E-state index >= 15 is 0 Å². The summed E-state index contributed by atoms with van der Waals surface area (Å²) >= 11 is 0. The van der Waals surface area contributed by atoms with Crippen LogP contribution >= 0.6 is 0 Å². The average Bonchev–Trinajstić information content (AvgIpc) is 2.86. The number of hydrogen-bond donors (Lipinski definition) is 3. The van der Waals surface area contributed by atoms with Crippen molar-refractivity contribution in [3.8, 4) is 0 Å². The lowest BCUT2D eigenvalue weighted by atomic mass is 9.85. The molecule has 2 unspecified atom stereocenters. The first kappa shape index (κ1) is 19.3. The van der Waals surface area contributed by atoms with Gasteiger partial charge in [0, 0.05) is 12.6 Å². The SMILES string of the molecule is CCNC(=NCCN1C(=O)CNC1=O)NC1CCCC(C(F)(F)F)C1. The van der Waals surface area contributed by atoms with Crippen molar-refractivity contribution in [2.24, 2.45) is 10.9 Å². The van der Waals surface area contributed by atoms with Gasteiger partial charge in [-0.2, -0.15) is 13.2 Å². The van der Waals surface area contributed by atoms with Crippen LogP contribution in [0.3, 0.4) is 0 Å². The zero-order valence-corrected chi connectivity index (χ0v) is 14.2. The van der Waals surface area contributed by atoms with Crippen molar-refractivity contribution in [3.05, 3.63) is 0 Å². The monoisotopic (exact) mass is 363 g/mol. The van der Waals surface area contributed by atoms with Gasteiger partial charge in [-0.3, -0.25) is 14.7 Å². The minimum absolute atomic E-state index is 0.0121. The predicted octanol–water partition coefficient (Wildman–Crippen LogP) is 1.21. The van der Waals surface area contributed by atoms with Crippen LogP contribution in [0.1, 0.15) is 32.6 Å². The Morgan fingerprint density at radius 1 is 1.36 bits per heavy atom. The van der Waals surface area contributed by atoms with Gasteiger partial charge in [0.2, 0.25) is 5.91 Å². The molecule has 2 atom stereocenters. The van der Waals surface area contributed by atoms with Crippen LogP contribution in [0.5, 0.6) is 0 Å². The highest BCUT2D eigenvalue weighted by atomic mass is 19.4. The third kappa shape index (κ3) is 5.50. The van der Waals surface area contributed by atoms with Gasteiger partial charge in [-0.05, 0) is 26.2 Å². The summed E-state index contributed by atoms with van der Waals surface area (Å²) in [5, 5.41) is 8.45. The molecule has 0 aromatic carbocycles. The van der Waals surface area contributed by atoms with Gasteiger partial charge in [-0.15, -0.1) is 0 Å². The normalized spacial score (nSPS) is 25.1. The molecule has 3 N–H and O–H groups in total. The third-order valence-electron chi connectivity index (χ3n) is 4.35. The maximum atomic E-state index is 12.9. The molecule has 2 aliphatic rings. The molecule has 25 heavy (non-hydrogen) atoms. The molecule has 10 heteroatoms. The van der Waals surface area contributed by atoms with E-state index in [1.54, 1.807) is 0 Å². The van der Waals surface area contributed by atoms with Crippen molar-refractivity contribution >= 4 is 17.9 Å². The Balaban J connectivity index is 1.88. The number of hydrogen-bond acceptors (Lipinski definition) is 3. The van der Waals surface area contributed by atoms with Crippen molar-refractivity contribution in [1.82, 2.24) is 20.9 Å². The molecular formula is C15H24F3N5O2. The molecule has 1 saturated carbocycles. The van der Waals surface area contributed by atoms with E-state index in [0.29, 0.717) is 25.3 Å². The summed E-state index contributed by atoms with van der Waals surface area (Å²) in [5.41, 5.74) is 0. The summed E-state index contributed by atoms with van der Waals surface area (Å²) in [6, 6.07) is -0.742. The second kappa shape index (κ2) is 8.39. The van der Waals surface area contributed by atoms with Gasteiger partial charge in [0.05, 0.1) is 25.6 Å². The number of imide groups is 1. The summed E-state index contributed by atoms with van der Waals surface area (Å²) < 4.78 is 38.7. The minimum atomic E-state index is -4.17. The summed E-state index contributed by atoms with van der Waals surface area (Å²) in [6.45, 7) is 2.72. The van der Waals surface area contributed by atoms with E-state index in [0.717, 1.165) is 4.90 Å². The van der Waals surface area contributed by atoms with Crippen LogP contribution in [0, 0.1) is 5.92 Å². The fourth-order valence-electron chi connectivity index (χ4n) is 3.07. The second-order valence-corrected chi connectivity index (χ2v) is 6.21. The molecule has 2 rings (SSSR count). The van der Waals surface area contributed by atoms with Crippen molar-refractivity contribution < 1.29 is 22.8 Å². The summed E-state index contributed by atoms with van der Waals surface area (Å²) in [5.74, 6) is -1.19. The number of rotatable bonds is 5. The van der Waals surface area contributed by atoms with Gasteiger partial charge >= 0.3 is 12.2 Å². The molecule has 2 fully saturated rings. The lowest BCUT2D eigenvalue weighted by Gasteiger charge is -2.32. The molecule has 0 radical (unpaired) electrons. The number of aliphatic imine (C=N–C) groups is 1. The van der Waals surface area contributed by atoms with Gasteiger partial charge in [-0.1, -0.05) is 6.42 Å². The van der Waals surface area contributed by atoms with E-state index in [-0.39, 0.29) is 44.4 Å². The fourth-order valence-corrected chi connectivity index (χ4v) is 3.07. The van der Waals surface area contributed by atoms with Gasteiger partial charge in [0.1, 0.15) is 0 Å². The Labute approximate surface area is 144 Å². The molecular weight excluding hydrogens is 339 g/mol. The molecule has 142 valence electrons. The van der Waals surface area contributed by atoms with E-state index in [1.807, 2.05) is 6.92 Å². The van der Waals surface area contributed by atoms with Gasteiger partial charge in [0.25, 0.3) is 0 Å². The molecule has 0 spiro atoms. The number of halogens is 3. The van der Waals surface area contributed by atoms with Crippen LogP contribution in [0.15, 0.2) is 4.99 Å². The van der Waals surface area contributed by atoms with Crippen LogP contribution in [0.4, 0.5) is 18.0 Å². The number of nitrogens with zero attached hydrogens (tertiary/aromatic N) is 2. The highest BCUT2D eigenvalue weighted by molar-refractivity contribution is 6.01. The molecule has 1 heterocycles. The smallest absolute Gasteiger partial charge is 0.357 e. The van der Waals surface area contributed by atoms with Crippen molar-refractivity contribution in [2.75, 3.05) is 26.2 Å². The van der Waals surface area contributed by atoms with Crippen LogP contribution in [0.25, 0.3) is 0 Å². The van der Waals surface area contributed by atoms with Crippen molar-refractivity contribution in [3.63, 3.8) is 0 Å². The first-order valence-corrected chi connectivity index (χ1v) is 8.51. The number of carbonyl (C=O) groups excluding carboxylic acids is 2. The van der Waals surface area contributed by atoms with Crippen LogP contribution in [-0.4, -0.2) is 61.2 Å². The van der Waals surface area contributed by atoms with Gasteiger partial charge in [0.15, 0.2) is 5.96 Å². The average molecular weight is 363 g/mol. The van der Waals surface area contributed by atoms with Gasteiger partial charge in [-0.25, -0.2) is 4.79 Å². The number of amides is 3. The largest absolute Gasteiger partial charge is 0.391 e. The summed E-state index contributed by atoms with van der Waals surface area (Å²) in [7, 11) is 0. The Bertz CT molecular complexity index is 508. The van der Waals surface area contributed by atoms with E-state index in [4.69, 9.17) is 0 Å². The number of urea groups is 1. The molecule has 0 bridgehead atoms. The number of nitrogens with one attached hydrogen (secondary N) is 3. The van der Waals surface area contributed by atoms with E-state index < -0.39 is 18.1 Å². The number of alkyl halides is 3. The quantitative estimate of drug-likeness (QED) is 0.389. The van der Waals surface area contributed by atoms with Crippen molar-refractivity contribution in [1.29, 1.82) is 0 Å². The zero-order chi connectivity index (χ0) is 18.4. The van der Waals surface area contributed by atoms with Crippen LogP contribution < -0.4 is 16.0 Å². The second-order valence-electron chi connectivity index (χ2n) is 6.21. The fraction of sp³-hybridized carbons (Fsp3) is 0.800. The lowest BCUT2D eigenvalue weighted by molar-refractivity contribution is -0.183. The van der Waals surface area contributed by atoms with E-state index in [2.05, 4.69) is 20.9 Å². The maximum Gasteiger partial charge on any atom is 0.391 e. The number of carbonyl (C=O) groups is 2. The third-order valence-corrected chi connectivity index (χ3v) is 4.35. The summed E-state index contributed by atoms with van der Waals surface area (Å²) in [6.07, 6.45) is -2.80. The topological polar surface area (TPSA) is 85.8 Å². The molecule has 1 aliphatic heterocycles. The molecule has 0 aromatic heterocycles. The maximum absolute atomic E-state index is 12.9. The molecule has 0 aromatic rings. The molecule has 3 amide bonds. The highest BCUT2D eigenvalue weighted by Crippen LogP contribution is 2.37. The first-order valence-electron chi connectivity index (χ1n) is 8.51.